The fourth-order valence-corrected chi connectivity index (χ4v) is 0.141. The first kappa shape index (κ1) is 6.72. The van der Waals surface area contributed by atoms with Crippen LogP contribution in [0.5, 0.6) is 0 Å². The summed E-state index contributed by atoms with van der Waals surface area (Å²) in [5, 5.41) is -0.861. The highest BCUT2D eigenvalue weighted by atomic mass is 35.5. The molecule has 0 unspecified atom stereocenters. The number of carbonyl (C=O) groups is 1. The highest BCUT2D eigenvalue weighted by Gasteiger charge is 1.81. The molecule has 0 radical (unpaired) electrons. The third-order valence-electron chi connectivity index (χ3n) is 0.194. The van der Waals surface area contributed by atoms with Crippen LogP contribution in [-0.2, 0) is 4.29 Å². The van der Waals surface area contributed by atoms with E-state index in [1.54, 1.807) is 0 Å². The molecule has 3 nitrogen and oxygen atoms in total. The number of aliphatic imine (C=N–C) groups is 1. The monoisotopic (exact) mass is 141 g/mol. The van der Waals surface area contributed by atoms with Crippen molar-refractivity contribution in [3.05, 3.63) is 0 Å². The Morgan fingerprint density at radius 2 is 2.43 bits per heavy atom. The minimum absolute atomic E-state index is 0.733. The summed E-state index contributed by atoms with van der Waals surface area (Å²) in [6, 6.07) is 0. The van der Waals surface area contributed by atoms with Crippen molar-refractivity contribution in [2.75, 3.05) is 0 Å². The van der Waals surface area contributed by atoms with Crippen molar-refractivity contribution in [3.63, 3.8) is 0 Å². The Labute approximate surface area is 50.1 Å². The lowest BCUT2D eigenvalue weighted by atomic mass is 11.3. The van der Waals surface area contributed by atoms with E-state index >= 15 is 0 Å². The second kappa shape index (κ2) is 3.89. The Kier molecular flexibility index (Phi) is 3.74. The third-order valence-corrected chi connectivity index (χ3v) is 0.371. The Morgan fingerprint density at radius 1 is 1.86 bits per heavy atom. The predicted octanol–water partition coefficient (Wildman–Crippen LogP) is 1.54. The van der Waals surface area contributed by atoms with Gasteiger partial charge in [0.25, 0.3) is 0 Å². The maximum Gasteiger partial charge on any atom is 0.342 e. The molecule has 0 aliphatic carbocycles. The summed E-state index contributed by atoms with van der Waals surface area (Å²) in [5.41, 5.74) is 0. The number of nitrogens with zero attached hydrogens (tertiary/aromatic N) is 1. The van der Waals surface area contributed by atoms with Crippen molar-refractivity contribution < 1.29 is 9.08 Å². The molecule has 0 rings (SSSR count). The number of hydrogen-bond acceptors (Lipinski definition) is 2. The quantitative estimate of drug-likeness (QED) is 0.241. The van der Waals surface area contributed by atoms with Crippen molar-refractivity contribution >= 4 is 35.2 Å². The summed E-state index contributed by atoms with van der Waals surface area (Å²) in [4.78, 5) is 12.5. The molecule has 0 aromatic heterocycles. The first-order valence-electron chi connectivity index (χ1n) is 1.26. The highest BCUT2D eigenvalue weighted by Crippen LogP contribution is 1.83. The van der Waals surface area contributed by atoms with Gasteiger partial charge in [-0.05, 0) is 11.6 Å². The minimum Gasteiger partial charge on any atom is -0.373 e. The van der Waals surface area contributed by atoms with E-state index in [9.17, 15) is 4.79 Å². The maximum absolute atomic E-state index is 9.63. The number of rotatable bonds is 1. The molecule has 1 amide bonds. The Morgan fingerprint density at radius 3 is 2.57 bits per heavy atom. The summed E-state index contributed by atoms with van der Waals surface area (Å²) >= 11 is 9.27. The first-order chi connectivity index (χ1) is 3.27. The second-order valence-electron chi connectivity index (χ2n) is 0.577. The Balaban J connectivity index is 3.26. The van der Waals surface area contributed by atoms with E-state index in [0.29, 0.717) is 0 Å². The topological polar surface area (TPSA) is 38.7 Å². The molecule has 0 aliphatic heterocycles. The van der Waals surface area contributed by atoms with Crippen LogP contribution >= 0.6 is 23.5 Å². The largest absolute Gasteiger partial charge is 0.373 e. The molecule has 0 aliphatic rings. The molecular weight excluding hydrogens is 141 g/mol. The van der Waals surface area contributed by atoms with Gasteiger partial charge in [-0.1, -0.05) is 0 Å². The molecule has 0 aromatic rings. The van der Waals surface area contributed by atoms with Crippen molar-refractivity contribution in [1.82, 2.24) is 0 Å². The van der Waals surface area contributed by atoms with Crippen LogP contribution in [0.25, 0.3) is 0 Å². The van der Waals surface area contributed by atoms with E-state index in [1.807, 2.05) is 0 Å². The van der Waals surface area contributed by atoms with Crippen LogP contribution in [0.4, 0.5) is 4.79 Å². The van der Waals surface area contributed by atoms with Gasteiger partial charge in [-0.15, -0.1) is 0 Å². The lowest BCUT2D eigenvalue weighted by Gasteiger charge is -1.73. The summed E-state index contributed by atoms with van der Waals surface area (Å²) in [7, 11) is 0. The van der Waals surface area contributed by atoms with E-state index in [0.717, 1.165) is 6.40 Å². The number of halogens is 2. The normalized spacial score (nSPS) is 9.43. The van der Waals surface area contributed by atoms with Crippen molar-refractivity contribution in [1.29, 1.82) is 0 Å². The summed E-state index contributed by atoms with van der Waals surface area (Å²) < 4.78 is 3.73. The van der Waals surface area contributed by atoms with Gasteiger partial charge in [0.1, 0.15) is 11.9 Å². The fourth-order valence-electron chi connectivity index (χ4n) is 0.0614. The van der Waals surface area contributed by atoms with E-state index in [1.165, 1.54) is 0 Å². The molecule has 40 valence electrons. The van der Waals surface area contributed by atoms with Gasteiger partial charge < -0.3 is 4.29 Å². The van der Waals surface area contributed by atoms with Gasteiger partial charge in [0, 0.05) is 0 Å². The Bertz CT molecular complexity index is 91.7. The standard InChI is InChI=1S/C2HCl2NO2/c3-2(6)5-1-7-4/h1H. The minimum atomic E-state index is -0.861. The maximum atomic E-state index is 9.63. The molecular formula is C2HCl2NO2. The van der Waals surface area contributed by atoms with Gasteiger partial charge in [-0.3, -0.25) is 4.79 Å². The van der Waals surface area contributed by atoms with E-state index in [4.69, 9.17) is 0 Å². The molecule has 0 bridgehead atoms. The molecule has 0 N–H and O–H groups in total. The van der Waals surface area contributed by atoms with Crippen LogP contribution in [0.1, 0.15) is 0 Å². The van der Waals surface area contributed by atoms with Crippen LogP contribution in [0.2, 0.25) is 0 Å². The average molecular weight is 142 g/mol. The molecule has 0 atom stereocenters. The van der Waals surface area contributed by atoms with E-state index in [-0.39, 0.29) is 0 Å². The SMILES string of the molecule is O=C(Cl)N=COCl. The smallest absolute Gasteiger partial charge is 0.342 e. The first-order valence-corrected chi connectivity index (χ1v) is 1.95. The third kappa shape index (κ3) is 5.72. The van der Waals surface area contributed by atoms with Crippen LogP contribution in [0.15, 0.2) is 4.99 Å². The molecule has 0 heterocycles. The molecule has 5 heteroatoms. The van der Waals surface area contributed by atoms with Gasteiger partial charge in [0.2, 0.25) is 6.40 Å². The van der Waals surface area contributed by atoms with Gasteiger partial charge in [0.05, 0.1) is 0 Å². The average Bonchev–Trinajstić information content (AvgIpc) is 1.61. The second-order valence-corrected chi connectivity index (χ2v) is 1.08. The highest BCUT2D eigenvalue weighted by molar-refractivity contribution is 6.63. The number of hydrogen-bond donors (Lipinski definition) is 0. The van der Waals surface area contributed by atoms with Crippen LogP contribution in [-0.4, -0.2) is 11.8 Å². The molecule has 0 spiro atoms. The molecule has 0 fully saturated rings. The molecule has 7 heavy (non-hydrogen) atoms. The van der Waals surface area contributed by atoms with Crippen molar-refractivity contribution in [2.45, 2.75) is 0 Å². The zero-order valence-electron chi connectivity index (χ0n) is 3.10. The van der Waals surface area contributed by atoms with Gasteiger partial charge in [-0.2, -0.15) is 4.99 Å². The van der Waals surface area contributed by atoms with E-state index in [2.05, 4.69) is 32.7 Å². The van der Waals surface area contributed by atoms with Gasteiger partial charge in [-0.25, -0.2) is 0 Å². The predicted molar refractivity (Wildman–Crippen MR) is 26.7 cm³/mol. The molecule has 0 saturated carbocycles. The van der Waals surface area contributed by atoms with Gasteiger partial charge in [0.15, 0.2) is 0 Å². The van der Waals surface area contributed by atoms with Crippen molar-refractivity contribution in [3.8, 4) is 0 Å². The molecule has 0 saturated heterocycles. The van der Waals surface area contributed by atoms with E-state index < -0.39 is 5.37 Å². The fraction of sp³-hybridized carbons (Fsp3) is 0. The van der Waals surface area contributed by atoms with Crippen LogP contribution < -0.4 is 0 Å². The zero-order chi connectivity index (χ0) is 5.70. The van der Waals surface area contributed by atoms with Crippen LogP contribution in [0.3, 0.4) is 0 Å². The summed E-state index contributed by atoms with van der Waals surface area (Å²) in [5.74, 6) is 0. The number of amides is 1. The summed E-state index contributed by atoms with van der Waals surface area (Å²) in [6.07, 6.45) is 0.733. The van der Waals surface area contributed by atoms with Gasteiger partial charge >= 0.3 is 5.37 Å². The molecule has 0 aromatic carbocycles. The number of carbonyl (C=O) groups excluding carboxylic acids is 1. The summed E-state index contributed by atoms with van der Waals surface area (Å²) in [6.45, 7) is 0. The van der Waals surface area contributed by atoms with Crippen LogP contribution in [0, 0.1) is 0 Å². The van der Waals surface area contributed by atoms with Crippen molar-refractivity contribution in [2.24, 2.45) is 4.99 Å². The zero-order valence-corrected chi connectivity index (χ0v) is 4.61. The lowest BCUT2D eigenvalue weighted by Crippen LogP contribution is -1.75. The Hall–Kier alpha value is -0.280. The lowest BCUT2D eigenvalue weighted by molar-refractivity contribution is 0.266.